The zero-order valence-corrected chi connectivity index (χ0v) is 12.7. The van der Waals surface area contributed by atoms with Crippen molar-refractivity contribution in [2.24, 2.45) is 0 Å². The number of carbonyl (C=O) groups excluding carboxylic acids is 2. The SMILES string of the molecule is Nc1cc(Oc2ccccc2)cc2c1C(=O)c1ccccc1C2=O. The summed E-state index contributed by atoms with van der Waals surface area (Å²) in [6.07, 6.45) is 0. The van der Waals surface area contributed by atoms with Gasteiger partial charge < -0.3 is 10.5 Å². The second kappa shape index (κ2) is 5.35. The zero-order valence-electron chi connectivity index (χ0n) is 12.7. The molecule has 0 spiro atoms. The van der Waals surface area contributed by atoms with Crippen LogP contribution in [0.15, 0.2) is 66.7 Å². The van der Waals surface area contributed by atoms with Crippen molar-refractivity contribution in [3.05, 3.63) is 89.0 Å². The van der Waals surface area contributed by atoms with Crippen LogP contribution in [-0.2, 0) is 0 Å². The zero-order chi connectivity index (χ0) is 16.7. The predicted molar refractivity (Wildman–Crippen MR) is 90.7 cm³/mol. The van der Waals surface area contributed by atoms with Gasteiger partial charge in [-0.3, -0.25) is 9.59 Å². The third-order valence-corrected chi connectivity index (χ3v) is 4.01. The Bertz CT molecular complexity index is 977. The van der Waals surface area contributed by atoms with Crippen LogP contribution >= 0.6 is 0 Å². The first-order valence-corrected chi connectivity index (χ1v) is 7.50. The summed E-state index contributed by atoms with van der Waals surface area (Å²) in [6.45, 7) is 0. The van der Waals surface area contributed by atoms with E-state index in [2.05, 4.69) is 0 Å². The first-order valence-electron chi connectivity index (χ1n) is 7.50. The van der Waals surface area contributed by atoms with Crippen molar-refractivity contribution in [3.63, 3.8) is 0 Å². The molecule has 4 heteroatoms. The van der Waals surface area contributed by atoms with Crippen molar-refractivity contribution in [2.75, 3.05) is 5.73 Å². The number of rotatable bonds is 2. The Morgan fingerprint density at radius 1 is 0.667 bits per heavy atom. The van der Waals surface area contributed by atoms with Crippen LogP contribution in [-0.4, -0.2) is 11.6 Å². The van der Waals surface area contributed by atoms with Crippen molar-refractivity contribution in [3.8, 4) is 11.5 Å². The maximum Gasteiger partial charge on any atom is 0.196 e. The molecule has 0 atom stereocenters. The number of anilines is 1. The van der Waals surface area contributed by atoms with E-state index < -0.39 is 0 Å². The maximum atomic E-state index is 12.7. The lowest BCUT2D eigenvalue weighted by atomic mass is 9.83. The summed E-state index contributed by atoms with van der Waals surface area (Å²) in [5, 5.41) is 0. The van der Waals surface area contributed by atoms with Gasteiger partial charge in [0.15, 0.2) is 11.6 Å². The number of carbonyl (C=O) groups is 2. The van der Waals surface area contributed by atoms with Crippen LogP contribution in [0, 0.1) is 0 Å². The largest absolute Gasteiger partial charge is 0.457 e. The molecule has 0 radical (unpaired) electrons. The number of ketones is 2. The van der Waals surface area contributed by atoms with E-state index in [1.165, 1.54) is 0 Å². The monoisotopic (exact) mass is 315 g/mol. The van der Waals surface area contributed by atoms with Crippen LogP contribution in [0.25, 0.3) is 0 Å². The summed E-state index contributed by atoms with van der Waals surface area (Å²) >= 11 is 0. The second-order valence-corrected chi connectivity index (χ2v) is 5.55. The molecule has 116 valence electrons. The first kappa shape index (κ1) is 14.2. The number of nitrogen functional groups attached to an aromatic ring is 1. The third kappa shape index (κ3) is 2.16. The van der Waals surface area contributed by atoms with Crippen molar-refractivity contribution >= 4 is 17.3 Å². The van der Waals surface area contributed by atoms with Crippen LogP contribution in [0.3, 0.4) is 0 Å². The molecule has 24 heavy (non-hydrogen) atoms. The highest BCUT2D eigenvalue weighted by Gasteiger charge is 2.31. The smallest absolute Gasteiger partial charge is 0.196 e. The molecule has 0 saturated heterocycles. The highest BCUT2D eigenvalue weighted by atomic mass is 16.5. The molecule has 1 aliphatic carbocycles. The number of para-hydroxylation sites is 1. The summed E-state index contributed by atoms with van der Waals surface area (Å²) in [5.41, 5.74) is 7.61. The first-order chi connectivity index (χ1) is 11.6. The van der Waals surface area contributed by atoms with Gasteiger partial charge in [0.1, 0.15) is 11.5 Å². The van der Waals surface area contributed by atoms with Crippen LogP contribution in [0.4, 0.5) is 5.69 Å². The van der Waals surface area contributed by atoms with E-state index in [0.29, 0.717) is 22.6 Å². The quantitative estimate of drug-likeness (QED) is 0.571. The standard InChI is InChI=1S/C20H13NO3/c21-17-11-13(24-12-6-2-1-3-7-12)10-16-18(17)20(23)15-9-5-4-8-14(15)19(16)22/h1-11H,21H2. The average molecular weight is 315 g/mol. The van der Waals surface area contributed by atoms with Gasteiger partial charge in [0.25, 0.3) is 0 Å². The third-order valence-electron chi connectivity index (χ3n) is 4.01. The normalized spacial score (nSPS) is 12.5. The van der Waals surface area contributed by atoms with Gasteiger partial charge in [-0.25, -0.2) is 0 Å². The van der Waals surface area contributed by atoms with Gasteiger partial charge >= 0.3 is 0 Å². The summed E-state index contributed by atoms with van der Waals surface area (Å²) < 4.78 is 5.75. The van der Waals surface area contributed by atoms with Crippen LogP contribution in [0.5, 0.6) is 11.5 Å². The highest BCUT2D eigenvalue weighted by Crippen LogP contribution is 2.35. The van der Waals surface area contributed by atoms with Crippen molar-refractivity contribution in [1.29, 1.82) is 0 Å². The van der Waals surface area contributed by atoms with Crippen LogP contribution in [0.2, 0.25) is 0 Å². The van der Waals surface area contributed by atoms with E-state index in [4.69, 9.17) is 10.5 Å². The van der Waals surface area contributed by atoms with Crippen molar-refractivity contribution in [1.82, 2.24) is 0 Å². The fraction of sp³-hybridized carbons (Fsp3) is 0. The molecule has 0 unspecified atom stereocenters. The predicted octanol–water partition coefficient (Wildman–Crippen LogP) is 3.84. The summed E-state index contributed by atoms with van der Waals surface area (Å²) in [6, 6.07) is 19.1. The van der Waals surface area contributed by atoms with Gasteiger partial charge in [0.05, 0.1) is 5.56 Å². The number of ether oxygens (including phenoxy) is 1. The van der Waals surface area contributed by atoms with Crippen LogP contribution in [0.1, 0.15) is 31.8 Å². The molecule has 0 heterocycles. The fourth-order valence-corrected chi connectivity index (χ4v) is 2.91. The second-order valence-electron chi connectivity index (χ2n) is 5.55. The minimum Gasteiger partial charge on any atom is -0.457 e. The molecule has 4 rings (SSSR count). The molecule has 3 aromatic rings. The Morgan fingerprint density at radius 2 is 1.29 bits per heavy atom. The Balaban J connectivity index is 1.83. The minimum atomic E-state index is -0.232. The molecule has 0 aromatic heterocycles. The van der Waals surface area contributed by atoms with Gasteiger partial charge in [0, 0.05) is 28.4 Å². The molecule has 0 saturated carbocycles. The lowest BCUT2D eigenvalue weighted by molar-refractivity contribution is 0.0979. The Labute approximate surface area is 138 Å². The van der Waals surface area contributed by atoms with Crippen LogP contribution < -0.4 is 10.5 Å². The molecule has 0 amide bonds. The van der Waals surface area contributed by atoms with Gasteiger partial charge in [0.2, 0.25) is 0 Å². The summed E-state index contributed by atoms with van der Waals surface area (Å²) in [5.74, 6) is 0.610. The van der Waals surface area contributed by atoms with Crippen molar-refractivity contribution < 1.29 is 14.3 Å². The number of fused-ring (bicyclic) bond motifs is 2. The van der Waals surface area contributed by atoms with Crippen molar-refractivity contribution in [2.45, 2.75) is 0 Å². The summed E-state index contributed by atoms with van der Waals surface area (Å²) in [4.78, 5) is 25.4. The van der Waals surface area contributed by atoms with E-state index in [0.717, 1.165) is 0 Å². The molecule has 4 nitrogen and oxygen atoms in total. The minimum absolute atomic E-state index is 0.217. The molecule has 0 bridgehead atoms. The molecule has 3 aromatic carbocycles. The number of nitrogens with two attached hydrogens (primary N) is 1. The van der Waals surface area contributed by atoms with Gasteiger partial charge in [-0.15, -0.1) is 0 Å². The van der Waals surface area contributed by atoms with E-state index in [9.17, 15) is 9.59 Å². The molecule has 0 fully saturated rings. The average Bonchev–Trinajstić information content (AvgIpc) is 2.60. The number of hydrogen-bond donors (Lipinski definition) is 1. The molecular formula is C20H13NO3. The van der Waals surface area contributed by atoms with E-state index in [1.54, 1.807) is 48.5 Å². The highest BCUT2D eigenvalue weighted by molar-refractivity contribution is 6.30. The van der Waals surface area contributed by atoms with E-state index >= 15 is 0 Å². The Morgan fingerprint density at radius 3 is 2.00 bits per heavy atom. The molecule has 2 N–H and O–H groups in total. The number of benzene rings is 3. The number of hydrogen-bond acceptors (Lipinski definition) is 4. The Kier molecular flexibility index (Phi) is 3.17. The Hall–Kier alpha value is -3.40. The van der Waals surface area contributed by atoms with Gasteiger partial charge in [-0.05, 0) is 18.2 Å². The lowest BCUT2D eigenvalue weighted by Gasteiger charge is -2.20. The molecule has 1 aliphatic rings. The topological polar surface area (TPSA) is 69.4 Å². The molecular weight excluding hydrogens is 302 g/mol. The van der Waals surface area contributed by atoms with Gasteiger partial charge in [-0.2, -0.15) is 0 Å². The maximum absolute atomic E-state index is 12.7. The molecule has 0 aliphatic heterocycles. The fourth-order valence-electron chi connectivity index (χ4n) is 2.91. The van der Waals surface area contributed by atoms with Gasteiger partial charge in [-0.1, -0.05) is 42.5 Å². The van der Waals surface area contributed by atoms with E-state index in [-0.39, 0.29) is 28.4 Å². The summed E-state index contributed by atoms with van der Waals surface area (Å²) in [7, 11) is 0. The van der Waals surface area contributed by atoms with E-state index in [1.807, 2.05) is 18.2 Å². The lowest BCUT2D eigenvalue weighted by Crippen LogP contribution is -2.22.